The molecule has 0 atom stereocenters. The van der Waals surface area contributed by atoms with Crippen LogP contribution in [-0.4, -0.2) is 46.1 Å². The average Bonchev–Trinajstić information content (AvgIpc) is 2.83. The fraction of sp³-hybridized carbons (Fsp3) is 0.667. The monoisotopic (exact) mass is 292 g/mol. The summed E-state index contributed by atoms with van der Waals surface area (Å²) in [5.41, 5.74) is 1.27. The van der Waals surface area contributed by atoms with Crippen molar-refractivity contribution in [3.63, 3.8) is 0 Å². The minimum absolute atomic E-state index is 0.109. The molecule has 21 heavy (non-hydrogen) atoms. The van der Waals surface area contributed by atoms with Crippen molar-refractivity contribution >= 4 is 11.8 Å². The van der Waals surface area contributed by atoms with Gasteiger partial charge in [-0.15, -0.1) is 0 Å². The molecule has 0 bridgehead atoms. The molecule has 1 aliphatic rings. The van der Waals surface area contributed by atoms with Crippen LogP contribution in [0.15, 0.2) is 6.07 Å². The molecule has 1 N–H and O–H groups in total. The van der Waals surface area contributed by atoms with Crippen LogP contribution in [0.1, 0.15) is 56.7 Å². The molecule has 1 aromatic rings. The summed E-state index contributed by atoms with van der Waals surface area (Å²) in [6, 6.07) is 1.85. The molecule has 6 heteroatoms. The van der Waals surface area contributed by atoms with E-state index in [1.165, 1.54) is 0 Å². The maximum absolute atomic E-state index is 12.5. The van der Waals surface area contributed by atoms with Crippen molar-refractivity contribution in [3.05, 3.63) is 17.5 Å². The van der Waals surface area contributed by atoms with Gasteiger partial charge in [-0.1, -0.05) is 13.8 Å². The zero-order valence-electron chi connectivity index (χ0n) is 13.4. The fourth-order valence-electron chi connectivity index (χ4n) is 2.42. The number of rotatable bonds is 2. The molecule has 1 aromatic heterocycles. The van der Waals surface area contributed by atoms with E-state index in [1.54, 1.807) is 4.90 Å². The molecule has 0 unspecified atom stereocenters. The first-order valence-electron chi connectivity index (χ1n) is 7.36. The predicted octanol–water partition coefficient (Wildman–Crippen LogP) is 1.33. The van der Waals surface area contributed by atoms with Gasteiger partial charge in [-0.2, -0.15) is 5.10 Å². The molecule has 0 saturated carbocycles. The molecule has 1 fully saturated rings. The van der Waals surface area contributed by atoms with Gasteiger partial charge in [-0.25, -0.2) is 0 Å². The maximum Gasteiger partial charge on any atom is 0.274 e. The van der Waals surface area contributed by atoms with Crippen LogP contribution < -0.4 is 5.32 Å². The molecule has 0 radical (unpaired) electrons. The quantitative estimate of drug-likeness (QED) is 0.894. The van der Waals surface area contributed by atoms with E-state index in [2.05, 4.69) is 45.0 Å². The smallest absolute Gasteiger partial charge is 0.274 e. The van der Waals surface area contributed by atoms with E-state index in [1.807, 2.05) is 10.7 Å². The number of piperazine rings is 1. The Morgan fingerprint density at radius 3 is 2.52 bits per heavy atom. The van der Waals surface area contributed by atoms with Gasteiger partial charge < -0.3 is 10.2 Å². The summed E-state index contributed by atoms with van der Waals surface area (Å²) in [7, 11) is 0. The Morgan fingerprint density at radius 2 is 2.05 bits per heavy atom. The van der Waals surface area contributed by atoms with E-state index >= 15 is 0 Å². The molecule has 0 aliphatic carbocycles. The van der Waals surface area contributed by atoms with Crippen LogP contribution >= 0.6 is 0 Å². The lowest BCUT2D eigenvalue weighted by atomic mass is 10.1. The van der Waals surface area contributed by atoms with Crippen LogP contribution in [0.3, 0.4) is 0 Å². The minimum Gasteiger partial charge on any atom is -0.353 e. The van der Waals surface area contributed by atoms with Gasteiger partial charge in [0.25, 0.3) is 5.91 Å². The van der Waals surface area contributed by atoms with E-state index in [4.69, 9.17) is 0 Å². The lowest BCUT2D eigenvalue weighted by molar-refractivity contribution is -0.123. The largest absolute Gasteiger partial charge is 0.353 e. The summed E-state index contributed by atoms with van der Waals surface area (Å²) in [4.78, 5) is 25.5. The molecule has 1 saturated heterocycles. The summed E-state index contributed by atoms with van der Waals surface area (Å²) >= 11 is 0. The normalized spacial score (nSPS) is 16.3. The van der Waals surface area contributed by atoms with Crippen LogP contribution in [0.2, 0.25) is 0 Å². The highest BCUT2D eigenvalue weighted by atomic mass is 16.2. The molecule has 0 aromatic carbocycles. The van der Waals surface area contributed by atoms with Gasteiger partial charge in [0.1, 0.15) is 0 Å². The molecule has 2 heterocycles. The first-order valence-corrected chi connectivity index (χ1v) is 7.36. The van der Waals surface area contributed by atoms with Crippen LogP contribution in [0.25, 0.3) is 0 Å². The van der Waals surface area contributed by atoms with Crippen molar-refractivity contribution in [3.8, 4) is 0 Å². The third-order valence-electron chi connectivity index (χ3n) is 3.51. The third kappa shape index (κ3) is 3.25. The number of carbonyl (C=O) groups excluding carboxylic acids is 2. The van der Waals surface area contributed by atoms with Crippen LogP contribution in [0.4, 0.5) is 0 Å². The summed E-state index contributed by atoms with van der Waals surface area (Å²) in [6.07, 6.45) is 0. The molecule has 0 spiro atoms. The SMILES string of the molecule is CC(C)c1cc(C(=O)N2CCNC(=O)C2)nn1C(C)(C)C. The number of hydrogen-bond donors (Lipinski definition) is 1. The van der Waals surface area contributed by atoms with Gasteiger partial charge in [-0.3, -0.25) is 14.3 Å². The van der Waals surface area contributed by atoms with Crippen molar-refractivity contribution in [1.29, 1.82) is 0 Å². The highest BCUT2D eigenvalue weighted by molar-refractivity contribution is 5.95. The Kier molecular flexibility index (Phi) is 4.07. The zero-order chi connectivity index (χ0) is 15.8. The maximum atomic E-state index is 12.5. The van der Waals surface area contributed by atoms with Crippen LogP contribution in [0, 0.1) is 0 Å². The van der Waals surface area contributed by atoms with Gasteiger partial charge in [-0.05, 0) is 32.8 Å². The van der Waals surface area contributed by atoms with E-state index < -0.39 is 0 Å². The summed E-state index contributed by atoms with van der Waals surface area (Å²) in [5.74, 6) is -0.00776. The zero-order valence-corrected chi connectivity index (χ0v) is 13.4. The Hall–Kier alpha value is -1.85. The van der Waals surface area contributed by atoms with Crippen molar-refractivity contribution < 1.29 is 9.59 Å². The molecule has 116 valence electrons. The molecule has 1 aliphatic heterocycles. The van der Waals surface area contributed by atoms with E-state index in [0.29, 0.717) is 18.8 Å². The number of nitrogens with one attached hydrogen (secondary N) is 1. The van der Waals surface area contributed by atoms with Crippen LogP contribution in [-0.2, 0) is 10.3 Å². The number of hydrogen-bond acceptors (Lipinski definition) is 3. The number of nitrogens with zero attached hydrogens (tertiary/aromatic N) is 3. The standard InChI is InChI=1S/C15H24N4O2/c1-10(2)12-8-11(17-19(12)15(3,4)5)14(21)18-7-6-16-13(20)9-18/h8,10H,6-7,9H2,1-5H3,(H,16,20). The van der Waals surface area contributed by atoms with Gasteiger partial charge in [0.05, 0.1) is 12.1 Å². The average molecular weight is 292 g/mol. The predicted molar refractivity (Wildman–Crippen MR) is 80.2 cm³/mol. The summed E-state index contributed by atoms with van der Waals surface area (Å²) in [6.45, 7) is 11.5. The van der Waals surface area contributed by atoms with Gasteiger partial charge in [0, 0.05) is 18.8 Å². The minimum atomic E-state index is -0.183. The van der Waals surface area contributed by atoms with E-state index in [-0.39, 0.29) is 29.8 Å². The molecular formula is C15H24N4O2. The highest BCUT2D eigenvalue weighted by Gasteiger charge is 2.28. The van der Waals surface area contributed by atoms with Crippen molar-refractivity contribution in [2.75, 3.05) is 19.6 Å². The molecule has 2 amide bonds. The fourth-order valence-corrected chi connectivity index (χ4v) is 2.42. The molecule has 6 nitrogen and oxygen atoms in total. The highest BCUT2D eigenvalue weighted by Crippen LogP contribution is 2.24. The second-order valence-corrected chi connectivity index (χ2v) is 6.77. The Morgan fingerprint density at radius 1 is 1.38 bits per heavy atom. The molecule has 2 rings (SSSR count). The van der Waals surface area contributed by atoms with Gasteiger partial charge in [0.15, 0.2) is 5.69 Å². The second kappa shape index (κ2) is 5.50. The number of amides is 2. The number of aromatic nitrogens is 2. The Bertz CT molecular complexity index is 555. The Labute approximate surface area is 125 Å². The topological polar surface area (TPSA) is 67.2 Å². The Balaban J connectivity index is 2.32. The lowest BCUT2D eigenvalue weighted by Crippen LogP contribution is -2.50. The third-order valence-corrected chi connectivity index (χ3v) is 3.51. The molecular weight excluding hydrogens is 268 g/mol. The van der Waals surface area contributed by atoms with Crippen LogP contribution in [0.5, 0.6) is 0 Å². The summed E-state index contributed by atoms with van der Waals surface area (Å²) < 4.78 is 1.91. The van der Waals surface area contributed by atoms with E-state index in [9.17, 15) is 9.59 Å². The summed E-state index contributed by atoms with van der Waals surface area (Å²) in [5, 5.41) is 7.22. The second-order valence-electron chi connectivity index (χ2n) is 6.77. The first kappa shape index (κ1) is 15.5. The first-order chi connectivity index (χ1) is 9.70. The van der Waals surface area contributed by atoms with Crippen molar-refractivity contribution in [2.45, 2.75) is 46.1 Å². The van der Waals surface area contributed by atoms with Gasteiger partial charge in [0.2, 0.25) is 5.91 Å². The van der Waals surface area contributed by atoms with Crippen molar-refractivity contribution in [2.24, 2.45) is 0 Å². The lowest BCUT2D eigenvalue weighted by Gasteiger charge is -2.26. The van der Waals surface area contributed by atoms with Crippen molar-refractivity contribution in [1.82, 2.24) is 20.0 Å². The van der Waals surface area contributed by atoms with Gasteiger partial charge >= 0.3 is 0 Å². The van der Waals surface area contributed by atoms with E-state index in [0.717, 1.165) is 5.69 Å². The number of carbonyl (C=O) groups is 2.